The van der Waals surface area contributed by atoms with Crippen molar-refractivity contribution in [1.29, 1.82) is 0 Å². The van der Waals surface area contributed by atoms with Gasteiger partial charge in [0.2, 0.25) is 11.8 Å². The second kappa shape index (κ2) is 10.4. The molecule has 0 saturated heterocycles. The van der Waals surface area contributed by atoms with Gasteiger partial charge in [-0.15, -0.1) is 11.3 Å². The van der Waals surface area contributed by atoms with Crippen LogP contribution in [0.1, 0.15) is 23.6 Å². The minimum atomic E-state index is -0.234. The fourth-order valence-corrected chi connectivity index (χ4v) is 1.57. The molecule has 100 valence electrons. The van der Waals surface area contributed by atoms with Gasteiger partial charge in [-0.3, -0.25) is 9.59 Å². The van der Waals surface area contributed by atoms with E-state index in [0.29, 0.717) is 0 Å². The first-order chi connectivity index (χ1) is 8.49. The third kappa shape index (κ3) is 9.50. The number of hydrogen-bond donors (Lipinski definition) is 0. The molecule has 8 heteroatoms. The predicted molar refractivity (Wildman–Crippen MR) is 72.6 cm³/mol. The second-order valence-corrected chi connectivity index (χ2v) is 5.82. The van der Waals surface area contributed by atoms with Gasteiger partial charge in [0.05, 0.1) is 0 Å². The minimum absolute atomic E-state index is 0.194. The fraction of sp³-hybridized carbons (Fsp3) is 0.200. The van der Waals surface area contributed by atoms with Gasteiger partial charge in [0.15, 0.2) is 0 Å². The number of nitrogens with zero attached hydrogens (tertiary/aromatic N) is 2. The molecule has 4 nitrogen and oxygen atoms in total. The van der Waals surface area contributed by atoms with Crippen LogP contribution < -0.4 is 0 Å². The van der Waals surface area contributed by atoms with Crippen LogP contribution in [0.3, 0.4) is 0 Å². The van der Waals surface area contributed by atoms with Gasteiger partial charge in [-0.05, 0) is 12.1 Å². The normalized spacial score (nSPS) is 10.7. The van der Waals surface area contributed by atoms with Crippen LogP contribution in [0.25, 0.3) is 0 Å². The summed E-state index contributed by atoms with van der Waals surface area (Å²) in [7, 11) is 9.53. The first kappa shape index (κ1) is 17.5. The van der Waals surface area contributed by atoms with E-state index in [9.17, 15) is 9.59 Å². The summed E-state index contributed by atoms with van der Waals surface area (Å²) in [4.78, 5) is 30.1. The molecular weight excluding hydrogens is 339 g/mol. The summed E-state index contributed by atoms with van der Waals surface area (Å²) in [5, 5.41) is 0. The molecule has 0 unspecified atom stereocenters. The van der Waals surface area contributed by atoms with Crippen molar-refractivity contribution in [1.82, 2.24) is 0 Å². The fourth-order valence-electron chi connectivity index (χ4n) is 0.816. The van der Waals surface area contributed by atoms with Crippen LogP contribution in [0.2, 0.25) is 0 Å². The van der Waals surface area contributed by atoms with Crippen LogP contribution in [0.15, 0.2) is 22.1 Å². The molecule has 1 heterocycles. The van der Waals surface area contributed by atoms with Crippen molar-refractivity contribution < 1.29 is 22.7 Å². The molecule has 0 N–H and O–H groups in total. The number of aliphatic imine (C=N–C) groups is 2. The Balaban J connectivity index is 0.000000873. The number of thiophene rings is 1. The Hall–Kier alpha value is -0.521. The number of hydrogen-bond acceptors (Lipinski definition) is 3. The van der Waals surface area contributed by atoms with E-state index in [1.165, 1.54) is 37.6 Å². The summed E-state index contributed by atoms with van der Waals surface area (Å²) in [6.07, 6.45) is 3.00. The van der Waals surface area contributed by atoms with Gasteiger partial charge in [0.25, 0.3) is 0 Å². The summed E-state index contributed by atoms with van der Waals surface area (Å²) < 4.78 is 0. The summed E-state index contributed by atoms with van der Waals surface area (Å²) >= 11 is 1.61. The standard InChI is InChI=1S/C10H10N2O2S.2ClH.Fe/c1-7(13)11-5-9-3-4-10(15-9)6-12-8(2)14;;;/h3-6H,1-2H3;2*1H;/q;;;+2/p-2. The van der Waals surface area contributed by atoms with Crippen LogP contribution >= 0.6 is 31.5 Å². The van der Waals surface area contributed by atoms with Gasteiger partial charge in [-0.2, -0.15) is 0 Å². The van der Waals surface area contributed by atoms with Crippen molar-refractivity contribution in [2.75, 3.05) is 0 Å². The van der Waals surface area contributed by atoms with E-state index in [1.807, 2.05) is 12.1 Å². The molecule has 0 bridgehead atoms. The van der Waals surface area contributed by atoms with E-state index in [4.69, 9.17) is 20.2 Å². The van der Waals surface area contributed by atoms with Crippen LogP contribution in [0, 0.1) is 0 Å². The van der Waals surface area contributed by atoms with Gasteiger partial charge in [0, 0.05) is 36.0 Å². The van der Waals surface area contributed by atoms with Crippen LogP contribution in [0.4, 0.5) is 0 Å². The molecule has 0 aliphatic carbocycles. The molecule has 1 aromatic rings. The van der Waals surface area contributed by atoms with Crippen LogP contribution in [-0.2, 0) is 22.7 Å². The van der Waals surface area contributed by atoms with Crippen molar-refractivity contribution in [3.63, 3.8) is 0 Å². The van der Waals surface area contributed by atoms with E-state index < -0.39 is 0 Å². The van der Waals surface area contributed by atoms with Gasteiger partial charge in [-0.25, -0.2) is 9.98 Å². The van der Waals surface area contributed by atoms with E-state index in [1.54, 1.807) is 0 Å². The Morgan fingerprint density at radius 1 is 1.11 bits per heavy atom. The molecule has 0 radical (unpaired) electrons. The maximum atomic E-state index is 10.6. The third-order valence-electron chi connectivity index (χ3n) is 1.39. The quantitative estimate of drug-likeness (QED) is 0.609. The van der Waals surface area contributed by atoms with Gasteiger partial charge >= 0.3 is 33.3 Å². The molecule has 1 aromatic heterocycles. The van der Waals surface area contributed by atoms with Crippen molar-refractivity contribution >= 4 is 55.8 Å². The zero-order valence-electron chi connectivity index (χ0n) is 9.54. The van der Waals surface area contributed by atoms with Gasteiger partial charge in [-0.1, -0.05) is 0 Å². The zero-order chi connectivity index (χ0) is 14.0. The second-order valence-electron chi connectivity index (χ2n) is 2.85. The third-order valence-corrected chi connectivity index (χ3v) is 2.35. The first-order valence-electron chi connectivity index (χ1n) is 4.54. The molecule has 18 heavy (non-hydrogen) atoms. The van der Waals surface area contributed by atoms with Crippen LogP contribution in [-0.4, -0.2) is 24.2 Å². The number of halogens is 2. The Kier molecular flexibility index (Phi) is 10.1. The Morgan fingerprint density at radius 3 is 1.72 bits per heavy atom. The number of amides is 2. The number of carbonyl (C=O) groups excluding carboxylic acids is 2. The number of rotatable bonds is 2. The van der Waals surface area contributed by atoms with E-state index >= 15 is 0 Å². The molecule has 2 amide bonds. The van der Waals surface area contributed by atoms with Gasteiger partial charge in [0.1, 0.15) is 0 Å². The van der Waals surface area contributed by atoms with E-state index in [-0.39, 0.29) is 24.9 Å². The predicted octanol–water partition coefficient (Wildman–Crippen LogP) is 3.06. The molecule has 0 aromatic carbocycles. The molecule has 0 aliphatic heterocycles. The molecule has 0 fully saturated rings. The van der Waals surface area contributed by atoms with Crippen molar-refractivity contribution in [2.45, 2.75) is 13.8 Å². The average molecular weight is 349 g/mol. The Morgan fingerprint density at radius 2 is 1.44 bits per heavy atom. The SMILES string of the molecule is CC(=O)N=Cc1ccc(C=NC(C)=O)s1.[Cl][Fe][Cl]. The molecule has 1 rings (SSSR count). The van der Waals surface area contributed by atoms with Crippen molar-refractivity contribution in [3.05, 3.63) is 21.9 Å². The monoisotopic (exact) mass is 348 g/mol. The topological polar surface area (TPSA) is 58.9 Å². The van der Waals surface area contributed by atoms with E-state index in [0.717, 1.165) is 9.75 Å². The Labute approximate surface area is 124 Å². The summed E-state index contributed by atoms with van der Waals surface area (Å²) in [5.74, 6) is -0.468. The molecule has 0 spiro atoms. The van der Waals surface area contributed by atoms with E-state index in [2.05, 4.69) is 9.98 Å². The summed E-state index contributed by atoms with van der Waals surface area (Å²) in [6, 6.07) is 3.64. The average Bonchev–Trinajstić information content (AvgIpc) is 2.72. The summed E-state index contributed by atoms with van der Waals surface area (Å²) in [6.45, 7) is 2.78. The molecular formula is C10H10Cl2FeN2O2S. The first-order valence-corrected chi connectivity index (χ1v) is 8.39. The molecule has 0 atom stereocenters. The maximum absolute atomic E-state index is 10.6. The Bertz CT molecular complexity index is 422. The van der Waals surface area contributed by atoms with Gasteiger partial charge < -0.3 is 0 Å². The zero-order valence-corrected chi connectivity index (χ0v) is 13.0. The summed E-state index contributed by atoms with van der Waals surface area (Å²) in [5.41, 5.74) is 0. The van der Waals surface area contributed by atoms with Crippen molar-refractivity contribution in [2.24, 2.45) is 9.98 Å². The number of carbonyl (C=O) groups is 2. The molecule has 0 aliphatic rings. The van der Waals surface area contributed by atoms with Crippen LogP contribution in [0.5, 0.6) is 0 Å². The molecule has 0 saturated carbocycles. The van der Waals surface area contributed by atoms with Crippen molar-refractivity contribution in [3.8, 4) is 0 Å².